The first-order valence-electron chi connectivity index (χ1n) is 6.34. The number of allylic oxidation sites excluding steroid dienone is 1. The van der Waals surface area contributed by atoms with E-state index in [4.69, 9.17) is 11.6 Å². The first kappa shape index (κ1) is 12.7. The predicted octanol–water partition coefficient (Wildman–Crippen LogP) is 4.13. The number of aliphatic hydroxyl groups excluding tert-OH is 1. The van der Waals surface area contributed by atoms with Crippen LogP contribution in [0.1, 0.15) is 37.7 Å². The van der Waals surface area contributed by atoms with Crippen molar-refractivity contribution in [2.75, 3.05) is 0 Å². The summed E-state index contributed by atoms with van der Waals surface area (Å²) in [5, 5.41) is 10.8. The van der Waals surface area contributed by atoms with Gasteiger partial charge in [0.05, 0.1) is 6.10 Å². The highest BCUT2D eigenvalue weighted by Gasteiger charge is 2.10. The van der Waals surface area contributed by atoms with E-state index < -0.39 is 0 Å². The molecule has 0 heterocycles. The number of rotatable bonds is 4. The van der Waals surface area contributed by atoms with Gasteiger partial charge in [0.1, 0.15) is 0 Å². The number of benzene rings is 1. The maximum Gasteiger partial charge on any atom is 0.0617 e. The maximum atomic E-state index is 10.1. The first-order valence-corrected chi connectivity index (χ1v) is 6.72. The topological polar surface area (TPSA) is 20.2 Å². The fourth-order valence-electron chi connectivity index (χ4n) is 2.36. The van der Waals surface area contributed by atoms with E-state index in [1.807, 2.05) is 24.3 Å². The summed E-state index contributed by atoms with van der Waals surface area (Å²) >= 11 is 5.83. The Balaban J connectivity index is 1.86. The van der Waals surface area contributed by atoms with E-state index in [1.54, 1.807) is 0 Å². The minimum absolute atomic E-state index is 0.263. The van der Waals surface area contributed by atoms with Crippen molar-refractivity contribution in [1.29, 1.82) is 0 Å². The molecule has 1 aromatic rings. The lowest BCUT2D eigenvalue weighted by atomic mass is 9.93. The summed E-state index contributed by atoms with van der Waals surface area (Å²) in [5.41, 5.74) is 2.58. The van der Waals surface area contributed by atoms with Crippen molar-refractivity contribution in [1.82, 2.24) is 0 Å². The van der Waals surface area contributed by atoms with Gasteiger partial charge < -0.3 is 5.11 Å². The van der Waals surface area contributed by atoms with Crippen LogP contribution in [0.3, 0.4) is 0 Å². The third-order valence-corrected chi connectivity index (χ3v) is 3.52. The highest BCUT2D eigenvalue weighted by molar-refractivity contribution is 6.30. The second kappa shape index (κ2) is 6.23. The van der Waals surface area contributed by atoms with E-state index >= 15 is 0 Å². The van der Waals surface area contributed by atoms with Crippen LogP contribution in [-0.2, 0) is 6.42 Å². The Morgan fingerprint density at radius 1 is 1.12 bits per heavy atom. The smallest absolute Gasteiger partial charge is 0.0617 e. The average molecular weight is 251 g/mol. The van der Waals surface area contributed by atoms with E-state index in [0.29, 0.717) is 6.42 Å². The summed E-state index contributed by atoms with van der Waals surface area (Å²) in [6.45, 7) is 0. The van der Waals surface area contributed by atoms with Crippen molar-refractivity contribution < 1.29 is 5.11 Å². The summed E-state index contributed by atoms with van der Waals surface area (Å²) in [4.78, 5) is 0. The highest BCUT2D eigenvalue weighted by atomic mass is 35.5. The molecule has 17 heavy (non-hydrogen) atoms. The molecule has 92 valence electrons. The lowest BCUT2D eigenvalue weighted by Crippen LogP contribution is -2.12. The summed E-state index contributed by atoms with van der Waals surface area (Å²) in [6.07, 6.45) is 8.50. The molecule has 0 radical (unpaired) electrons. The van der Waals surface area contributed by atoms with Gasteiger partial charge in [0.15, 0.2) is 0 Å². The van der Waals surface area contributed by atoms with Crippen molar-refractivity contribution in [2.45, 2.75) is 44.6 Å². The zero-order chi connectivity index (χ0) is 12.1. The summed E-state index contributed by atoms with van der Waals surface area (Å²) in [5.74, 6) is 0. The van der Waals surface area contributed by atoms with Gasteiger partial charge in [0.25, 0.3) is 0 Å². The fourth-order valence-corrected chi connectivity index (χ4v) is 2.48. The molecule has 2 rings (SSSR count). The van der Waals surface area contributed by atoms with Crippen molar-refractivity contribution in [3.05, 3.63) is 46.5 Å². The molecule has 2 heteroatoms. The molecule has 0 saturated carbocycles. The van der Waals surface area contributed by atoms with Gasteiger partial charge in [-0.15, -0.1) is 0 Å². The Hall–Kier alpha value is -0.790. The lowest BCUT2D eigenvalue weighted by Gasteiger charge is -2.16. The average Bonchev–Trinajstić information content (AvgIpc) is 2.33. The van der Waals surface area contributed by atoms with Crippen LogP contribution in [0.25, 0.3) is 0 Å². The third-order valence-electron chi connectivity index (χ3n) is 3.27. The van der Waals surface area contributed by atoms with E-state index in [9.17, 15) is 5.11 Å². The van der Waals surface area contributed by atoms with E-state index in [0.717, 1.165) is 23.4 Å². The van der Waals surface area contributed by atoms with E-state index in [2.05, 4.69) is 6.08 Å². The zero-order valence-corrected chi connectivity index (χ0v) is 10.8. The van der Waals surface area contributed by atoms with Gasteiger partial charge in [-0.25, -0.2) is 0 Å². The monoisotopic (exact) mass is 250 g/mol. The van der Waals surface area contributed by atoms with Gasteiger partial charge in [0, 0.05) is 5.02 Å². The molecule has 0 fully saturated rings. The highest BCUT2D eigenvalue weighted by Crippen LogP contribution is 2.22. The molecule has 1 aliphatic rings. The van der Waals surface area contributed by atoms with Gasteiger partial charge in [-0.1, -0.05) is 35.4 Å². The van der Waals surface area contributed by atoms with Gasteiger partial charge in [-0.3, -0.25) is 0 Å². The second-order valence-electron chi connectivity index (χ2n) is 4.80. The standard InChI is InChI=1S/C15H19ClO/c16-14-8-6-13(7-9-14)11-15(17)10-12-4-2-1-3-5-12/h4,6-9,15,17H,1-3,5,10-11H2. The minimum Gasteiger partial charge on any atom is -0.392 e. The molecule has 0 aromatic heterocycles. The van der Waals surface area contributed by atoms with Gasteiger partial charge in [0.2, 0.25) is 0 Å². The number of hydrogen-bond acceptors (Lipinski definition) is 1. The normalized spacial score (nSPS) is 17.6. The minimum atomic E-state index is -0.263. The Kier molecular flexibility index (Phi) is 4.64. The van der Waals surface area contributed by atoms with Gasteiger partial charge in [-0.05, 0) is 56.2 Å². The summed E-state index contributed by atoms with van der Waals surface area (Å²) in [6, 6.07) is 7.73. The molecule has 1 N–H and O–H groups in total. The number of halogens is 1. The Bertz CT molecular complexity index is 380. The van der Waals surface area contributed by atoms with Crippen LogP contribution in [-0.4, -0.2) is 11.2 Å². The summed E-state index contributed by atoms with van der Waals surface area (Å²) in [7, 11) is 0. The molecule has 0 saturated heterocycles. The number of hydrogen-bond donors (Lipinski definition) is 1. The second-order valence-corrected chi connectivity index (χ2v) is 5.23. The van der Waals surface area contributed by atoms with Crippen LogP contribution < -0.4 is 0 Å². The zero-order valence-electron chi connectivity index (χ0n) is 10.0. The third kappa shape index (κ3) is 4.18. The first-order chi connectivity index (χ1) is 8.24. The molecule has 0 aliphatic heterocycles. The van der Waals surface area contributed by atoms with Crippen LogP contribution in [0.4, 0.5) is 0 Å². The largest absolute Gasteiger partial charge is 0.392 e. The van der Waals surface area contributed by atoms with Crippen LogP contribution in [0, 0.1) is 0 Å². The molecule has 1 nitrogen and oxygen atoms in total. The van der Waals surface area contributed by atoms with Crippen molar-refractivity contribution >= 4 is 11.6 Å². The lowest BCUT2D eigenvalue weighted by molar-refractivity contribution is 0.173. The Labute approximate surface area is 108 Å². The fraction of sp³-hybridized carbons (Fsp3) is 0.467. The molecular weight excluding hydrogens is 232 g/mol. The maximum absolute atomic E-state index is 10.1. The molecule has 0 bridgehead atoms. The predicted molar refractivity (Wildman–Crippen MR) is 72.3 cm³/mol. The van der Waals surface area contributed by atoms with Crippen molar-refractivity contribution in [3.63, 3.8) is 0 Å². The van der Waals surface area contributed by atoms with Crippen LogP contribution in [0.15, 0.2) is 35.9 Å². The van der Waals surface area contributed by atoms with Gasteiger partial charge >= 0.3 is 0 Å². The molecule has 0 amide bonds. The van der Waals surface area contributed by atoms with Crippen LogP contribution in [0.2, 0.25) is 5.02 Å². The SMILES string of the molecule is OC(CC1=CCCCC1)Cc1ccc(Cl)cc1. The quantitative estimate of drug-likeness (QED) is 0.797. The van der Waals surface area contributed by atoms with E-state index in [1.165, 1.54) is 24.8 Å². The van der Waals surface area contributed by atoms with Crippen LogP contribution in [0.5, 0.6) is 0 Å². The van der Waals surface area contributed by atoms with Crippen LogP contribution >= 0.6 is 11.6 Å². The molecular formula is C15H19ClO. The molecule has 1 atom stereocenters. The Morgan fingerprint density at radius 2 is 1.88 bits per heavy atom. The molecule has 0 spiro atoms. The Morgan fingerprint density at radius 3 is 2.53 bits per heavy atom. The molecule has 1 unspecified atom stereocenters. The summed E-state index contributed by atoms with van der Waals surface area (Å²) < 4.78 is 0. The van der Waals surface area contributed by atoms with Crippen molar-refractivity contribution in [2.24, 2.45) is 0 Å². The number of aliphatic hydroxyl groups is 1. The molecule has 1 aromatic carbocycles. The van der Waals surface area contributed by atoms with Gasteiger partial charge in [-0.2, -0.15) is 0 Å². The van der Waals surface area contributed by atoms with E-state index in [-0.39, 0.29) is 6.10 Å². The molecule has 1 aliphatic carbocycles. The van der Waals surface area contributed by atoms with Crippen molar-refractivity contribution in [3.8, 4) is 0 Å².